The normalized spacial score (nSPS) is 10.4. The lowest BCUT2D eigenvalue weighted by Gasteiger charge is -2.03. The maximum absolute atomic E-state index is 8.51. The third kappa shape index (κ3) is 31.5. The molecule has 0 aromatic carbocycles. The first-order chi connectivity index (χ1) is 7.00. The SMILES string of the molecule is CC(C)C.CC(C)CCCCCCCO. The summed E-state index contributed by atoms with van der Waals surface area (Å²) in [5, 5.41) is 8.51. The molecule has 0 aromatic rings. The first-order valence-electron chi connectivity index (χ1n) is 6.61. The fourth-order valence-electron chi connectivity index (χ4n) is 1.19. The quantitative estimate of drug-likeness (QED) is 0.615. The van der Waals surface area contributed by atoms with Crippen LogP contribution in [0.2, 0.25) is 0 Å². The minimum atomic E-state index is 0.365. The molecule has 0 unspecified atom stereocenters. The Kier molecular flexibility index (Phi) is 16.2. The molecule has 0 rings (SSSR count). The zero-order valence-corrected chi connectivity index (χ0v) is 11.6. The van der Waals surface area contributed by atoms with Crippen LogP contribution in [0.15, 0.2) is 0 Å². The molecule has 0 aliphatic heterocycles. The molecule has 0 atom stereocenters. The van der Waals surface area contributed by atoms with Crippen LogP contribution in [0, 0.1) is 11.8 Å². The van der Waals surface area contributed by atoms with E-state index in [4.69, 9.17) is 5.11 Å². The standard InChI is InChI=1S/C10H22O.C4H10/c1-10(2)8-6-4-3-5-7-9-11;1-4(2)3/h10-11H,3-9H2,1-2H3;4H,1-3H3. The predicted molar refractivity (Wildman–Crippen MR) is 70.1 cm³/mol. The Morgan fingerprint density at radius 2 is 1.13 bits per heavy atom. The van der Waals surface area contributed by atoms with Crippen LogP contribution in [0.25, 0.3) is 0 Å². The van der Waals surface area contributed by atoms with E-state index in [-0.39, 0.29) is 0 Å². The van der Waals surface area contributed by atoms with E-state index >= 15 is 0 Å². The van der Waals surface area contributed by atoms with Crippen LogP contribution >= 0.6 is 0 Å². The fraction of sp³-hybridized carbons (Fsp3) is 1.00. The topological polar surface area (TPSA) is 20.2 Å². The lowest BCUT2D eigenvalue weighted by Crippen LogP contribution is -1.88. The first kappa shape index (κ1) is 17.4. The minimum absolute atomic E-state index is 0.365. The van der Waals surface area contributed by atoms with Crippen molar-refractivity contribution in [3.05, 3.63) is 0 Å². The summed E-state index contributed by atoms with van der Waals surface area (Å²) < 4.78 is 0. The van der Waals surface area contributed by atoms with Gasteiger partial charge in [0, 0.05) is 6.61 Å². The van der Waals surface area contributed by atoms with Crippen molar-refractivity contribution in [1.82, 2.24) is 0 Å². The van der Waals surface area contributed by atoms with Crippen LogP contribution in [0.3, 0.4) is 0 Å². The summed E-state index contributed by atoms with van der Waals surface area (Å²) in [6, 6.07) is 0. The second-order valence-electron chi connectivity index (χ2n) is 5.41. The van der Waals surface area contributed by atoms with Crippen molar-refractivity contribution in [2.75, 3.05) is 6.61 Å². The molecule has 0 aromatic heterocycles. The van der Waals surface area contributed by atoms with Crippen molar-refractivity contribution in [2.45, 2.75) is 73.1 Å². The Labute approximate surface area is 97.3 Å². The summed E-state index contributed by atoms with van der Waals surface area (Å²) in [6.45, 7) is 11.4. The van der Waals surface area contributed by atoms with Gasteiger partial charge in [0.05, 0.1) is 0 Å². The smallest absolute Gasteiger partial charge is 0.0431 e. The molecule has 0 aliphatic rings. The van der Waals surface area contributed by atoms with Gasteiger partial charge in [-0.05, 0) is 18.3 Å². The minimum Gasteiger partial charge on any atom is -0.396 e. The van der Waals surface area contributed by atoms with Gasteiger partial charge in [0.2, 0.25) is 0 Å². The van der Waals surface area contributed by atoms with Gasteiger partial charge in [-0.25, -0.2) is 0 Å². The van der Waals surface area contributed by atoms with Crippen molar-refractivity contribution < 1.29 is 5.11 Å². The Bertz CT molecular complexity index is 94.8. The van der Waals surface area contributed by atoms with Gasteiger partial charge in [0.1, 0.15) is 0 Å². The van der Waals surface area contributed by atoms with Crippen LogP contribution in [0.4, 0.5) is 0 Å². The van der Waals surface area contributed by atoms with E-state index in [1.165, 1.54) is 32.1 Å². The van der Waals surface area contributed by atoms with Gasteiger partial charge in [0.25, 0.3) is 0 Å². The summed E-state index contributed by atoms with van der Waals surface area (Å²) in [7, 11) is 0. The maximum atomic E-state index is 8.51. The highest BCUT2D eigenvalue weighted by Gasteiger charge is 1.93. The average Bonchev–Trinajstić information content (AvgIpc) is 2.09. The molecular formula is C14H32O. The highest BCUT2D eigenvalue weighted by atomic mass is 16.2. The van der Waals surface area contributed by atoms with Crippen LogP contribution in [-0.4, -0.2) is 11.7 Å². The Balaban J connectivity index is 0. The molecule has 94 valence electrons. The molecule has 0 bridgehead atoms. The number of aliphatic hydroxyl groups excluding tert-OH is 1. The lowest BCUT2D eigenvalue weighted by atomic mass is 10.0. The largest absolute Gasteiger partial charge is 0.396 e. The van der Waals surface area contributed by atoms with Crippen molar-refractivity contribution in [2.24, 2.45) is 11.8 Å². The van der Waals surface area contributed by atoms with Crippen molar-refractivity contribution in [3.8, 4) is 0 Å². The third-order valence-corrected chi connectivity index (χ3v) is 1.94. The fourth-order valence-corrected chi connectivity index (χ4v) is 1.19. The molecule has 0 heterocycles. The molecular weight excluding hydrogens is 184 g/mol. The molecule has 0 saturated carbocycles. The molecule has 0 saturated heterocycles. The second kappa shape index (κ2) is 14.0. The average molecular weight is 216 g/mol. The maximum Gasteiger partial charge on any atom is 0.0431 e. The monoisotopic (exact) mass is 216 g/mol. The van der Waals surface area contributed by atoms with Gasteiger partial charge in [0.15, 0.2) is 0 Å². The van der Waals surface area contributed by atoms with Crippen molar-refractivity contribution >= 4 is 0 Å². The van der Waals surface area contributed by atoms with Gasteiger partial charge in [-0.1, -0.05) is 66.7 Å². The predicted octanol–water partition coefficient (Wildman–Crippen LogP) is 4.64. The summed E-state index contributed by atoms with van der Waals surface area (Å²) >= 11 is 0. The zero-order valence-electron chi connectivity index (χ0n) is 11.6. The summed E-state index contributed by atoms with van der Waals surface area (Å²) in [4.78, 5) is 0. The third-order valence-electron chi connectivity index (χ3n) is 1.94. The molecule has 15 heavy (non-hydrogen) atoms. The zero-order chi connectivity index (χ0) is 12.1. The van der Waals surface area contributed by atoms with E-state index in [2.05, 4.69) is 34.6 Å². The molecule has 1 heteroatoms. The van der Waals surface area contributed by atoms with Crippen LogP contribution in [0.5, 0.6) is 0 Å². The second-order valence-corrected chi connectivity index (χ2v) is 5.41. The molecule has 0 spiro atoms. The lowest BCUT2D eigenvalue weighted by molar-refractivity contribution is 0.282. The van der Waals surface area contributed by atoms with Crippen molar-refractivity contribution in [1.29, 1.82) is 0 Å². The van der Waals surface area contributed by atoms with E-state index in [1.807, 2.05) is 0 Å². The number of rotatable bonds is 7. The molecule has 1 N–H and O–H groups in total. The Hall–Kier alpha value is -0.0400. The molecule has 0 amide bonds. The van der Waals surface area contributed by atoms with Crippen molar-refractivity contribution in [3.63, 3.8) is 0 Å². The Morgan fingerprint density at radius 1 is 0.733 bits per heavy atom. The van der Waals surface area contributed by atoms with E-state index in [9.17, 15) is 0 Å². The first-order valence-corrected chi connectivity index (χ1v) is 6.61. The number of aliphatic hydroxyl groups is 1. The number of hydrogen-bond donors (Lipinski definition) is 1. The van der Waals surface area contributed by atoms with Gasteiger partial charge in [-0.15, -0.1) is 0 Å². The summed E-state index contributed by atoms with van der Waals surface area (Å²) in [6.07, 6.45) is 7.56. The molecule has 1 nitrogen and oxygen atoms in total. The van der Waals surface area contributed by atoms with Crippen LogP contribution in [0.1, 0.15) is 73.1 Å². The van der Waals surface area contributed by atoms with E-state index in [0.29, 0.717) is 6.61 Å². The summed E-state index contributed by atoms with van der Waals surface area (Å²) in [5.74, 6) is 1.69. The highest BCUT2D eigenvalue weighted by molar-refractivity contribution is 4.47. The van der Waals surface area contributed by atoms with Crippen LogP contribution < -0.4 is 0 Å². The van der Waals surface area contributed by atoms with E-state index in [0.717, 1.165) is 18.3 Å². The molecule has 0 radical (unpaired) electrons. The van der Waals surface area contributed by atoms with Gasteiger partial charge in [-0.3, -0.25) is 0 Å². The Morgan fingerprint density at radius 3 is 1.53 bits per heavy atom. The number of unbranched alkanes of at least 4 members (excludes halogenated alkanes) is 4. The van der Waals surface area contributed by atoms with E-state index < -0.39 is 0 Å². The number of hydrogen-bond acceptors (Lipinski definition) is 1. The van der Waals surface area contributed by atoms with Crippen LogP contribution in [-0.2, 0) is 0 Å². The van der Waals surface area contributed by atoms with E-state index in [1.54, 1.807) is 0 Å². The van der Waals surface area contributed by atoms with Gasteiger partial charge >= 0.3 is 0 Å². The molecule has 0 aliphatic carbocycles. The highest BCUT2D eigenvalue weighted by Crippen LogP contribution is 2.09. The van der Waals surface area contributed by atoms with Gasteiger partial charge in [-0.2, -0.15) is 0 Å². The van der Waals surface area contributed by atoms with Gasteiger partial charge < -0.3 is 5.11 Å². The molecule has 0 fully saturated rings. The summed E-state index contributed by atoms with van der Waals surface area (Å²) in [5.41, 5.74) is 0.